The summed E-state index contributed by atoms with van der Waals surface area (Å²) in [5.74, 6) is 0.630. The lowest BCUT2D eigenvalue weighted by atomic mass is 10.1. The molecule has 0 saturated carbocycles. The van der Waals surface area contributed by atoms with Gasteiger partial charge in [0.25, 0.3) is 5.91 Å². The molecule has 9 heteroatoms. The van der Waals surface area contributed by atoms with Crippen LogP contribution in [0.3, 0.4) is 0 Å². The molecule has 0 atom stereocenters. The molecule has 0 aliphatic carbocycles. The summed E-state index contributed by atoms with van der Waals surface area (Å²) in [7, 11) is 0.259. The number of guanidine groups is 1. The van der Waals surface area contributed by atoms with Gasteiger partial charge in [0.1, 0.15) is 0 Å². The van der Waals surface area contributed by atoms with E-state index in [1.807, 2.05) is 19.1 Å². The first-order valence-electron chi connectivity index (χ1n) is 9.32. The Kier molecular flexibility index (Phi) is 10.3. The molecule has 0 aromatic heterocycles. The molecule has 0 saturated heterocycles. The summed E-state index contributed by atoms with van der Waals surface area (Å²) in [5.41, 5.74) is 2.59. The van der Waals surface area contributed by atoms with Crippen molar-refractivity contribution in [2.45, 2.75) is 24.9 Å². The largest absolute Gasteiger partial charge is 0.357 e. The predicted octanol–water partition coefficient (Wildman–Crippen LogP) is 2.67. The number of benzene rings is 2. The molecule has 2 N–H and O–H groups in total. The summed E-state index contributed by atoms with van der Waals surface area (Å²) in [6, 6.07) is 14.2. The summed E-state index contributed by atoms with van der Waals surface area (Å²) in [4.78, 5) is 18.4. The zero-order chi connectivity index (χ0) is 21.4. The molecule has 0 heterocycles. The van der Waals surface area contributed by atoms with Crippen LogP contribution in [0.4, 0.5) is 0 Å². The van der Waals surface area contributed by atoms with E-state index in [-0.39, 0.29) is 29.9 Å². The van der Waals surface area contributed by atoms with Crippen molar-refractivity contribution in [3.8, 4) is 0 Å². The number of hydrogen-bond donors (Lipinski definition) is 2. The van der Waals surface area contributed by atoms with Gasteiger partial charge in [0, 0.05) is 39.0 Å². The molecule has 0 aliphatic rings. The molecule has 2 aromatic rings. The van der Waals surface area contributed by atoms with Crippen molar-refractivity contribution in [3.63, 3.8) is 0 Å². The van der Waals surface area contributed by atoms with E-state index in [4.69, 9.17) is 0 Å². The second kappa shape index (κ2) is 11.9. The van der Waals surface area contributed by atoms with Crippen LogP contribution in [0.5, 0.6) is 0 Å². The third-order valence-electron chi connectivity index (χ3n) is 4.18. The van der Waals surface area contributed by atoms with Crippen molar-refractivity contribution in [1.82, 2.24) is 15.5 Å². The van der Waals surface area contributed by atoms with E-state index in [1.54, 1.807) is 55.4 Å². The maximum Gasteiger partial charge on any atom is 0.253 e. The minimum atomic E-state index is -3.19. The third kappa shape index (κ3) is 7.94. The first-order chi connectivity index (χ1) is 13.7. The molecule has 0 spiro atoms. The Balaban J connectivity index is 0.00000450. The summed E-state index contributed by atoms with van der Waals surface area (Å²) in [6.45, 7) is 3.69. The first kappa shape index (κ1) is 25.9. The summed E-state index contributed by atoms with van der Waals surface area (Å²) < 4.78 is 23.1. The van der Waals surface area contributed by atoms with E-state index >= 15 is 0 Å². The second-order valence-electron chi connectivity index (χ2n) is 6.86. The van der Waals surface area contributed by atoms with Crippen molar-refractivity contribution in [1.29, 1.82) is 0 Å². The second-order valence-corrected chi connectivity index (χ2v) is 8.88. The number of rotatable bonds is 7. The molecule has 0 aliphatic heterocycles. The minimum absolute atomic E-state index is 0. The molecule has 1 amide bonds. The Hall–Kier alpha value is -2.14. The molecule has 0 unspecified atom stereocenters. The number of hydrogen-bond acceptors (Lipinski definition) is 4. The molecule has 0 fully saturated rings. The predicted molar refractivity (Wildman–Crippen MR) is 131 cm³/mol. The highest BCUT2D eigenvalue weighted by atomic mass is 127. The lowest BCUT2D eigenvalue weighted by Gasteiger charge is -2.12. The quantitative estimate of drug-likeness (QED) is 0.318. The van der Waals surface area contributed by atoms with Gasteiger partial charge in [-0.25, -0.2) is 13.4 Å². The van der Waals surface area contributed by atoms with Crippen LogP contribution < -0.4 is 10.6 Å². The van der Waals surface area contributed by atoms with Crippen LogP contribution >= 0.6 is 24.0 Å². The van der Waals surface area contributed by atoms with Gasteiger partial charge in [-0.3, -0.25) is 4.79 Å². The number of sulfone groups is 1. The Labute approximate surface area is 195 Å². The van der Waals surface area contributed by atoms with Gasteiger partial charge >= 0.3 is 0 Å². The number of nitrogens with one attached hydrogen (secondary N) is 2. The van der Waals surface area contributed by atoms with Gasteiger partial charge in [0.15, 0.2) is 15.8 Å². The van der Waals surface area contributed by atoms with Crippen LogP contribution in [-0.4, -0.2) is 52.1 Å². The van der Waals surface area contributed by atoms with Gasteiger partial charge in [-0.2, -0.15) is 0 Å². The maximum absolute atomic E-state index is 11.9. The molecule has 2 rings (SSSR count). The first-order valence-corrected chi connectivity index (χ1v) is 11.2. The fraction of sp³-hybridized carbons (Fsp3) is 0.333. The highest BCUT2D eigenvalue weighted by Gasteiger charge is 2.08. The monoisotopic (exact) mass is 544 g/mol. The van der Waals surface area contributed by atoms with E-state index in [2.05, 4.69) is 15.6 Å². The molecule has 164 valence electrons. The average molecular weight is 544 g/mol. The smallest absolute Gasteiger partial charge is 0.253 e. The van der Waals surface area contributed by atoms with E-state index < -0.39 is 9.84 Å². The van der Waals surface area contributed by atoms with Crippen LogP contribution in [0, 0.1) is 0 Å². The van der Waals surface area contributed by atoms with Crippen LogP contribution in [0.1, 0.15) is 28.4 Å². The number of amides is 1. The van der Waals surface area contributed by atoms with E-state index in [9.17, 15) is 13.2 Å². The SMILES string of the molecule is CCNC(=NCc1ccc(C(=O)N(C)C)cc1)NCc1ccc(S(C)(=O)=O)cc1.I. The molecular weight excluding hydrogens is 515 g/mol. The minimum Gasteiger partial charge on any atom is -0.357 e. The Morgan fingerprint density at radius 3 is 2.03 bits per heavy atom. The molecule has 2 aromatic carbocycles. The lowest BCUT2D eigenvalue weighted by Crippen LogP contribution is -2.36. The number of carbonyl (C=O) groups is 1. The number of carbonyl (C=O) groups excluding carboxylic acids is 1. The fourth-order valence-electron chi connectivity index (χ4n) is 2.56. The maximum atomic E-state index is 11.9. The topological polar surface area (TPSA) is 90.9 Å². The lowest BCUT2D eigenvalue weighted by molar-refractivity contribution is 0.0827. The summed E-state index contributed by atoms with van der Waals surface area (Å²) in [5, 5.41) is 6.42. The molecule has 0 radical (unpaired) electrons. The van der Waals surface area contributed by atoms with Crippen LogP contribution in [0.15, 0.2) is 58.4 Å². The van der Waals surface area contributed by atoms with Crippen molar-refractivity contribution in [2.24, 2.45) is 4.99 Å². The average Bonchev–Trinajstić information content (AvgIpc) is 2.69. The van der Waals surface area contributed by atoms with Crippen LogP contribution in [-0.2, 0) is 22.9 Å². The number of aliphatic imine (C=N–C) groups is 1. The number of nitrogens with zero attached hydrogens (tertiary/aromatic N) is 2. The summed E-state index contributed by atoms with van der Waals surface area (Å²) in [6.07, 6.45) is 1.19. The Bertz CT molecular complexity index is 957. The zero-order valence-electron chi connectivity index (χ0n) is 17.7. The van der Waals surface area contributed by atoms with Crippen molar-refractivity contribution in [3.05, 3.63) is 65.2 Å². The molecular formula is C21H29IN4O3S. The van der Waals surface area contributed by atoms with Gasteiger partial charge in [-0.15, -0.1) is 24.0 Å². The molecule has 30 heavy (non-hydrogen) atoms. The molecule has 0 bridgehead atoms. The van der Waals surface area contributed by atoms with Gasteiger partial charge in [0.2, 0.25) is 0 Å². The van der Waals surface area contributed by atoms with Gasteiger partial charge in [-0.05, 0) is 42.3 Å². The van der Waals surface area contributed by atoms with Gasteiger partial charge in [0.05, 0.1) is 11.4 Å². The third-order valence-corrected chi connectivity index (χ3v) is 5.31. The van der Waals surface area contributed by atoms with Gasteiger partial charge in [-0.1, -0.05) is 24.3 Å². The highest BCUT2D eigenvalue weighted by Crippen LogP contribution is 2.10. The van der Waals surface area contributed by atoms with Crippen molar-refractivity contribution < 1.29 is 13.2 Å². The van der Waals surface area contributed by atoms with Crippen LogP contribution in [0.2, 0.25) is 0 Å². The molecule has 7 nitrogen and oxygen atoms in total. The zero-order valence-corrected chi connectivity index (χ0v) is 20.8. The van der Waals surface area contributed by atoms with Crippen molar-refractivity contribution in [2.75, 3.05) is 26.9 Å². The Morgan fingerprint density at radius 2 is 1.53 bits per heavy atom. The number of halogens is 1. The summed E-state index contributed by atoms with van der Waals surface area (Å²) >= 11 is 0. The normalized spacial score (nSPS) is 11.4. The van der Waals surface area contributed by atoms with Crippen molar-refractivity contribution >= 4 is 45.7 Å². The van der Waals surface area contributed by atoms with E-state index in [0.717, 1.165) is 17.7 Å². The standard InChI is InChI=1S/C21H28N4O3S.HI/c1-5-22-21(24-15-17-8-12-19(13-9-17)29(4,27)28)23-14-16-6-10-18(11-7-16)20(26)25(2)3;/h6-13H,5,14-15H2,1-4H3,(H2,22,23,24);1H. The van der Waals surface area contributed by atoms with Gasteiger partial charge < -0.3 is 15.5 Å². The fourth-order valence-corrected chi connectivity index (χ4v) is 3.19. The van der Waals surface area contributed by atoms with E-state index in [1.165, 1.54) is 6.26 Å². The van der Waals surface area contributed by atoms with Crippen LogP contribution in [0.25, 0.3) is 0 Å². The highest BCUT2D eigenvalue weighted by molar-refractivity contribution is 14.0. The Morgan fingerprint density at radius 1 is 0.967 bits per heavy atom. The van der Waals surface area contributed by atoms with E-state index in [0.29, 0.717) is 29.5 Å².